The van der Waals surface area contributed by atoms with Crippen LogP contribution in [0, 0.1) is 0 Å². The molecule has 0 heterocycles. The van der Waals surface area contributed by atoms with E-state index in [1.165, 1.54) is 0 Å². The molecule has 0 unspecified atom stereocenters. The third-order valence-corrected chi connectivity index (χ3v) is 2.76. The number of esters is 1. The Labute approximate surface area is 119 Å². The highest BCUT2D eigenvalue weighted by Gasteiger charge is 2.14. The molecule has 2 nitrogen and oxygen atoms in total. The Hall–Kier alpha value is -2.35. The van der Waals surface area contributed by atoms with E-state index in [0.29, 0.717) is 5.57 Å². The first-order valence-electron chi connectivity index (χ1n) is 6.70. The smallest absolute Gasteiger partial charge is 0.339 e. The number of rotatable bonds is 4. The van der Waals surface area contributed by atoms with Gasteiger partial charge in [0.15, 0.2) is 0 Å². The second kappa shape index (κ2) is 6.71. The molecule has 0 atom stereocenters. The van der Waals surface area contributed by atoms with E-state index in [4.69, 9.17) is 4.74 Å². The maximum atomic E-state index is 12.3. The molecule has 0 N–H and O–H groups in total. The molecule has 0 radical (unpaired) electrons. The Kier molecular flexibility index (Phi) is 4.72. The fourth-order valence-electron chi connectivity index (χ4n) is 1.87. The van der Waals surface area contributed by atoms with Gasteiger partial charge in [0.2, 0.25) is 0 Å². The molecule has 102 valence electrons. The molecule has 0 aliphatic carbocycles. The molecule has 2 rings (SSSR count). The quantitative estimate of drug-likeness (QED) is 0.471. The van der Waals surface area contributed by atoms with E-state index in [0.717, 1.165) is 11.1 Å². The molecule has 2 heteroatoms. The van der Waals surface area contributed by atoms with Gasteiger partial charge in [-0.1, -0.05) is 60.7 Å². The molecule has 2 aromatic rings. The number of carbonyl (C=O) groups is 1. The van der Waals surface area contributed by atoms with Crippen LogP contribution in [0.4, 0.5) is 0 Å². The van der Waals surface area contributed by atoms with Crippen molar-refractivity contribution in [2.75, 3.05) is 0 Å². The summed E-state index contributed by atoms with van der Waals surface area (Å²) in [5, 5.41) is 0. The van der Waals surface area contributed by atoms with Crippen molar-refractivity contribution in [2.24, 2.45) is 0 Å². The second-order valence-corrected chi connectivity index (χ2v) is 4.79. The summed E-state index contributed by atoms with van der Waals surface area (Å²) in [6, 6.07) is 19.4. The van der Waals surface area contributed by atoms with Crippen molar-refractivity contribution in [3.8, 4) is 0 Å². The lowest BCUT2D eigenvalue weighted by Gasteiger charge is -2.11. The molecule has 0 amide bonds. The van der Waals surface area contributed by atoms with Crippen LogP contribution in [-0.2, 0) is 9.53 Å². The molecule has 0 saturated carbocycles. The zero-order chi connectivity index (χ0) is 14.4. The van der Waals surface area contributed by atoms with Crippen LogP contribution in [0.3, 0.4) is 0 Å². The summed E-state index contributed by atoms with van der Waals surface area (Å²) in [6.07, 6.45) is 1.73. The van der Waals surface area contributed by atoms with Crippen molar-refractivity contribution in [3.63, 3.8) is 0 Å². The summed E-state index contributed by atoms with van der Waals surface area (Å²) >= 11 is 0. The van der Waals surface area contributed by atoms with Gasteiger partial charge in [-0.2, -0.15) is 0 Å². The highest BCUT2D eigenvalue weighted by Crippen LogP contribution is 2.20. The number of benzene rings is 2. The van der Waals surface area contributed by atoms with Gasteiger partial charge in [-0.25, -0.2) is 4.79 Å². The van der Waals surface area contributed by atoms with E-state index in [1.54, 1.807) is 0 Å². The van der Waals surface area contributed by atoms with Crippen LogP contribution in [0.5, 0.6) is 0 Å². The number of carbonyl (C=O) groups excluding carboxylic acids is 1. The minimum atomic E-state index is -0.296. The van der Waals surface area contributed by atoms with Gasteiger partial charge in [0.1, 0.15) is 0 Å². The molecule has 0 bridgehead atoms. The zero-order valence-corrected chi connectivity index (χ0v) is 11.7. The molecule has 0 aliphatic heterocycles. The topological polar surface area (TPSA) is 26.3 Å². The third-order valence-electron chi connectivity index (χ3n) is 2.76. The largest absolute Gasteiger partial charge is 0.459 e. The SMILES string of the molecule is CC(C)OC(=O)/C(=C/c1ccccc1)c1ccccc1. The van der Waals surface area contributed by atoms with Gasteiger partial charge < -0.3 is 4.74 Å². The Morgan fingerprint density at radius 2 is 1.50 bits per heavy atom. The van der Waals surface area contributed by atoms with Crippen LogP contribution in [-0.4, -0.2) is 12.1 Å². The first-order valence-corrected chi connectivity index (χ1v) is 6.70. The molecule has 2 aromatic carbocycles. The van der Waals surface area contributed by atoms with Crippen LogP contribution < -0.4 is 0 Å². The van der Waals surface area contributed by atoms with Crippen LogP contribution in [0.2, 0.25) is 0 Å². The van der Waals surface area contributed by atoms with Crippen LogP contribution >= 0.6 is 0 Å². The van der Waals surface area contributed by atoms with E-state index in [9.17, 15) is 4.79 Å². The molecule has 20 heavy (non-hydrogen) atoms. The predicted molar refractivity (Wildman–Crippen MR) is 82.0 cm³/mol. The van der Waals surface area contributed by atoms with E-state index >= 15 is 0 Å². The normalized spacial score (nSPS) is 11.4. The fraction of sp³-hybridized carbons (Fsp3) is 0.167. The van der Waals surface area contributed by atoms with Crippen molar-refractivity contribution in [3.05, 3.63) is 71.8 Å². The Balaban J connectivity index is 2.40. The highest BCUT2D eigenvalue weighted by atomic mass is 16.5. The van der Waals surface area contributed by atoms with E-state index in [-0.39, 0.29) is 12.1 Å². The zero-order valence-electron chi connectivity index (χ0n) is 11.7. The standard InChI is InChI=1S/C18H18O2/c1-14(2)20-18(19)17(16-11-7-4-8-12-16)13-15-9-5-3-6-10-15/h3-14H,1-2H3/b17-13+. The predicted octanol–water partition coefficient (Wildman–Crippen LogP) is 4.18. The van der Waals surface area contributed by atoms with Crippen molar-refractivity contribution in [1.29, 1.82) is 0 Å². The average Bonchev–Trinajstić information content (AvgIpc) is 2.46. The van der Waals surface area contributed by atoms with Gasteiger partial charge >= 0.3 is 5.97 Å². The Morgan fingerprint density at radius 3 is 2.05 bits per heavy atom. The number of ether oxygens (including phenoxy) is 1. The maximum absolute atomic E-state index is 12.3. The van der Waals surface area contributed by atoms with Gasteiger partial charge in [-0.05, 0) is 31.1 Å². The second-order valence-electron chi connectivity index (χ2n) is 4.79. The first-order chi connectivity index (χ1) is 9.66. The number of hydrogen-bond acceptors (Lipinski definition) is 2. The molecule has 0 fully saturated rings. The lowest BCUT2D eigenvalue weighted by molar-refractivity contribution is -0.140. The van der Waals surface area contributed by atoms with Crippen molar-refractivity contribution < 1.29 is 9.53 Å². The van der Waals surface area contributed by atoms with Crippen LogP contribution in [0.25, 0.3) is 11.6 Å². The molecular formula is C18H18O2. The van der Waals surface area contributed by atoms with Gasteiger partial charge in [0.05, 0.1) is 11.7 Å². The van der Waals surface area contributed by atoms with Gasteiger partial charge in [0, 0.05) is 0 Å². The third kappa shape index (κ3) is 3.82. The molecule has 0 saturated heterocycles. The average molecular weight is 266 g/mol. The molecule has 0 aromatic heterocycles. The molecule has 0 aliphatic rings. The minimum absolute atomic E-state index is 0.134. The van der Waals surface area contributed by atoms with E-state index < -0.39 is 0 Å². The van der Waals surface area contributed by atoms with Gasteiger partial charge in [-0.15, -0.1) is 0 Å². The number of hydrogen-bond donors (Lipinski definition) is 0. The summed E-state index contributed by atoms with van der Waals surface area (Å²) in [4.78, 5) is 12.3. The summed E-state index contributed by atoms with van der Waals surface area (Å²) < 4.78 is 5.33. The summed E-state index contributed by atoms with van der Waals surface area (Å²) in [7, 11) is 0. The maximum Gasteiger partial charge on any atom is 0.339 e. The summed E-state index contributed by atoms with van der Waals surface area (Å²) in [6.45, 7) is 3.70. The Bertz CT molecular complexity index is 583. The van der Waals surface area contributed by atoms with Crippen molar-refractivity contribution in [2.45, 2.75) is 20.0 Å². The lowest BCUT2D eigenvalue weighted by atomic mass is 10.0. The minimum Gasteiger partial charge on any atom is -0.459 e. The van der Waals surface area contributed by atoms with Crippen molar-refractivity contribution in [1.82, 2.24) is 0 Å². The fourth-order valence-corrected chi connectivity index (χ4v) is 1.87. The molecular weight excluding hydrogens is 248 g/mol. The van der Waals surface area contributed by atoms with Crippen molar-refractivity contribution >= 4 is 17.6 Å². The van der Waals surface area contributed by atoms with Gasteiger partial charge in [-0.3, -0.25) is 0 Å². The molecule has 0 spiro atoms. The van der Waals surface area contributed by atoms with E-state index in [1.807, 2.05) is 80.6 Å². The Morgan fingerprint density at radius 1 is 0.950 bits per heavy atom. The summed E-state index contributed by atoms with van der Waals surface area (Å²) in [5.41, 5.74) is 2.42. The monoisotopic (exact) mass is 266 g/mol. The first kappa shape index (κ1) is 14.1. The van der Waals surface area contributed by atoms with Gasteiger partial charge in [0.25, 0.3) is 0 Å². The lowest BCUT2D eigenvalue weighted by Crippen LogP contribution is -2.13. The summed E-state index contributed by atoms with van der Waals surface area (Å²) in [5.74, 6) is -0.296. The highest BCUT2D eigenvalue weighted by molar-refractivity contribution is 6.21. The van der Waals surface area contributed by atoms with E-state index in [2.05, 4.69) is 0 Å². The van der Waals surface area contributed by atoms with Crippen LogP contribution in [0.1, 0.15) is 25.0 Å². The van der Waals surface area contributed by atoms with Crippen LogP contribution in [0.15, 0.2) is 60.7 Å².